The van der Waals surface area contributed by atoms with Crippen molar-refractivity contribution in [2.24, 2.45) is 5.41 Å². The molecule has 1 heteroatoms. The molecule has 16 heavy (non-hydrogen) atoms. The maximum Gasteiger partial charge on any atom is 0.0376 e. The van der Waals surface area contributed by atoms with Gasteiger partial charge in [0.15, 0.2) is 0 Å². The first kappa shape index (κ1) is 10.2. The van der Waals surface area contributed by atoms with Crippen molar-refractivity contribution in [3.8, 4) is 0 Å². The third-order valence-electron chi connectivity index (χ3n) is 4.67. The van der Waals surface area contributed by atoms with Gasteiger partial charge in [-0.3, -0.25) is 0 Å². The standard InChI is InChI=1S/C15H21N/c1-15(9-5-2-6-10-15)13-11-16-14-8-4-3-7-12(13)14/h3-4,7-8,13,16H,2,5-6,9-11H2,1H3. The Kier molecular flexibility index (Phi) is 2.42. The van der Waals surface area contributed by atoms with Crippen molar-refractivity contribution in [3.63, 3.8) is 0 Å². The van der Waals surface area contributed by atoms with Crippen LogP contribution in [0.15, 0.2) is 24.3 Å². The molecule has 1 saturated carbocycles. The highest BCUT2D eigenvalue weighted by molar-refractivity contribution is 5.58. The van der Waals surface area contributed by atoms with Gasteiger partial charge >= 0.3 is 0 Å². The van der Waals surface area contributed by atoms with Crippen molar-refractivity contribution in [2.75, 3.05) is 11.9 Å². The molecule has 0 saturated heterocycles. The lowest BCUT2D eigenvalue weighted by atomic mass is 9.66. The lowest BCUT2D eigenvalue weighted by Gasteiger charge is -2.39. The van der Waals surface area contributed by atoms with Gasteiger partial charge in [-0.2, -0.15) is 0 Å². The number of benzene rings is 1. The summed E-state index contributed by atoms with van der Waals surface area (Å²) in [4.78, 5) is 0. The molecular formula is C15H21N. The summed E-state index contributed by atoms with van der Waals surface area (Å²) in [5.74, 6) is 0.740. The highest BCUT2D eigenvalue weighted by atomic mass is 14.9. The van der Waals surface area contributed by atoms with Crippen LogP contribution in [0.2, 0.25) is 0 Å². The van der Waals surface area contributed by atoms with E-state index in [0.29, 0.717) is 5.41 Å². The molecule has 1 heterocycles. The molecule has 3 rings (SSSR count). The van der Waals surface area contributed by atoms with E-state index in [9.17, 15) is 0 Å². The molecule has 0 radical (unpaired) electrons. The number of hydrogen-bond donors (Lipinski definition) is 1. The van der Waals surface area contributed by atoms with Crippen LogP contribution in [0.4, 0.5) is 5.69 Å². The molecule has 1 aliphatic carbocycles. The van der Waals surface area contributed by atoms with E-state index in [1.807, 2.05) is 0 Å². The minimum Gasteiger partial charge on any atom is -0.384 e. The highest BCUT2D eigenvalue weighted by Gasteiger charge is 2.39. The summed E-state index contributed by atoms with van der Waals surface area (Å²) < 4.78 is 0. The lowest BCUT2D eigenvalue weighted by molar-refractivity contribution is 0.177. The molecular weight excluding hydrogens is 194 g/mol. The van der Waals surface area contributed by atoms with Gasteiger partial charge in [0, 0.05) is 18.2 Å². The number of anilines is 1. The number of para-hydroxylation sites is 1. The zero-order valence-electron chi connectivity index (χ0n) is 10.1. The number of hydrogen-bond acceptors (Lipinski definition) is 1. The molecule has 1 fully saturated rings. The molecule has 1 aromatic rings. The SMILES string of the molecule is CC1(C2CNc3ccccc32)CCCCC1. The predicted molar refractivity (Wildman–Crippen MR) is 68.9 cm³/mol. The summed E-state index contributed by atoms with van der Waals surface area (Å²) in [6.45, 7) is 3.65. The Morgan fingerprint density at radius 3 is 2.69 bits per heavy atom. The Balaban J connectivity index is 1.91. The van der Waals surface area contributed by atoms with Gasteiger partial charge in [0.1, 0.15) is 0 Å². The summed E-state index contributed by atoms with van der Waals surface area (Å²) in [5, 5.41) is 3.57. The Morgan fingerprint density at radius 2 is 1.88 bits per heavy atom. The monoisotopic (exact) mass is 215 g/mol. The Morgan fingerprint density at radius 1 is 1.12 bits per heavy atom. The number of nitrogens with one attached hydrogen (secondary N) is 1. The fraction of sp³-hybridized carbons (Fsp3) is 0.600. The van der Waals surface area contributed by atoms with Gasteiger partial charge in [0.25, 0.3) is 0 Å². The zero-order valence-corrected chi connectivity index (χ0v) is 10.1. The lowest BCUT2D eigenvalue weighted by Crippen LogP contribution is -2.29. The molecule has 0 spiro atoms. The van der Waals surface area contributed by atoms with Crippen LogP contribution in [0, 0.1) is 5.41 Å². The number of fused-ring (bicyclic) bond motifs is 1. The van der Waals surface area contributed by atoms with E-state index in [2.05, 4.69) is 36.5 Å². The maximum atomic E-state index is 3.57. The summed E-state index contributed by atoms with van der Waals surface area (Å²) in [7, 11) is 0. The smallest absolute Gasteiger partial charge is 0.0376 e. The summed E-state index contributed by atoms with van der Waals surface area (Å²) in [6, 6.07) is 8.86. The second-order valence-corrected chi connectivity index (χ2v) is 5.74. The molecule has 0 amide bonds. The molecule has 1 aliphatic heterocycles. The van der Waals surface area contributed by atoms with E-state index in [1.165, 1.54) is 37.8 Å². The molecule has 1 N–H and O–H groups in total. The Hall–Kier alpha value is -0.980. The molecule has 0 bridgehead atoms. The molecule has 1 unspecified atom stereocenters. The third kappa shape index (κ3) is 1.53. The van der Waals surface area contributed by atoms with E-state index in [-0.39, 0.29) is 0 Å². The molecule has 1 atom stereocenters. The van der Waals surface area contributed by atoms with Crippen LogP contribution in [-0.2, 0) is 0 Å². The largest absolute Gasteiger partial charge is 0.384 e. The van der Waals surface area contributed by atoms with Crippen molar-refractivity contribution in [2.45, 2.75) is 44.9 Å². The van der Waals surface area contributed by atoms with E-state index in [0.717, 1.165) is 12.5 Å². The van der Waals surface area contributed by atoms with Crippen molar-refractivity contribution in [1.29, 1.82) is 0 Å². The second kappa shape index (κ2) is 3.80. The molecule has 1 nitrogen and oxygen atoms in total. The minimum absolute atomic E-state index is 0.540. The average Bonchev–Trinajstić information content (AvgIpc) is 2.74. The molecule has 1 aromatic carbocycles. The number of rotatable bonds is 1. The van der Waals surface area contributed by atoms with Crippen LogP contribution in [0.25, 0.3) is 0 Å². The van der Waals surface area contributed by atoms with Gasteiger partial charge in [0.05, 0.1) is 0 Å². The third-order valence-corrected chi connectivity index (χ3v) is 4.67. The van der Waals surface area contributed by atoms with E-state index < -0.39 is 0 Å². The van der Waals surface area contributed by atoms with Crippen molar-refractivity contribution >= 4 is 5.69 Å². The van der Waals surface area contributed by atoms with Crippen molar-refractivity contribution < 1.29 is 0 Å². The first-order valence-electron chi connectivity index (χ1n) is 6.62. The van der Waals surface area contributed by atoms with E-state index in [1.54, 1.807) is 5.56 Å². The minimum atomic E-state index is 0.540. The molecule has 86 valence electrons. The van der Waals surface area contributed by atoms with Gasteiger partial charge in [-0.15, -0.1) is 0 Å². The normalized spacial score (nSPS) is 27.2. The van der Waals surface area contributed by atoms with Gasteiger partial charge in [-0.25, -0.2) is 0 Å². The summed E-state index contributed by atoms with van der Waals surface area (Å²) in [6.07, 6.45) is 7.11. The Bertz CT molecular complexity index is 377. The zero-order chi connectivity index (χ0) is 11.0. The topological polar surface area (TPSA) is 12.0 Å². The van der Waals surface area contributed by atoms with Crippen LogP contribution < -0.4 is 5.32 Å². The van der Waals surface area contributed by atoms with Crippen LogP contribution in [0.5, 0.6) is 0 Å². The van der Waals surface area contributed by atoms with Crippen molar-refractivity contribution in [1.82, 2.24) is 0 Å². The molecule has 0 aromatic heterocycles. The van der Waals surface area contributed by atoms with E-state index >= 15 is 0 Å². The first-order valence-corrected chi connectivity index (χ1v) is 6.62. The van der Waals surface area contributed by atoms with Crippen LogP contribution in [-0.4, -0.2) is 6.54 Å². The quantitative estimate of drug-likeness (QED) is 0.741. The summed E-state index contributed by atoms with van der Waals surface area (Å²) in [5.41, 5.74) is 3.48. The van der Waals surface area contributed by atoms with Crippen molar-refractivity contribution in [3.05, 3.63) is 29.8 Å². The second-order valence-electron chi connectivity index (χ2n) is 5.74. The molecule has 2 aliphatic rings. The average molecular weight is 215 g/mol. The van der Waals surface area contributed by atoms with E-state index in [4.69, 9.17) is 0 Å². The van der Waals surface area contributed by atoms with Crippen LogP contribution in [0.3, 0.4) is 0 Å². The predicted octanol–water partition coefficient (Wildman–Crippen LogP) is 4.17. The fourth-order valence-corrected chi connectivity index (χ4v) is 3.61. The van der Waals surface area contributed by atoms with Crippen LogP contribution >= 0.6 is 0 Å². The van der Waals surface area contributed by atoms with Gasteiger partial charge < -0.3 is 5.32 Å². The fourth-order valence-electron chi connectivity index (χ4n) is 3.61. The highest BCUT2D eigenvalue weighted by Crippen LogP contribution is 2.50. The first-order chi connectivity index (χ1) is 7.80. The maximum absolute atomic E-state index is 3.57. The summed E-state index contributed by atoms with van der Waals surface area (Å²) >= 11 is 0. The van der Waals surface area contributed by atoms with Gasteiger partial charge in [0.2, 0.25) is 0 Å². The van der Waals surface area contributed by atoms with Gasteiger partial charge in [-0.05, 0) is 29.9 Å². The van der Waals surface area contributed by atoms with Gasteiger partial charge in [-0.1, -0.05) is 44.4 Å². The van der Waals surface area contributed by atoms with Crippen LogP contribution in [0.1, 0.15) is 50.5 Å². The Labute approximate surface area is 98.3 Å².